The van der Waals surface area contributed by atoms with E-state index in [-0.39, 0.29) is 37.5 Å². The number of fused-ring (bicyclic) bond motifs is 1. The number of ether oxygens (including phenoxy) is 1. The highest BCUT2D eigenvalue weighted by Gasteiger charge is 2.37. The van der Waals surface area contributed by atoms with Gasteiger partial charge in [-0.3, -0.25) is 14.5 Å². The van der Waals surface area contributed by atoms with E-state index in [9.17, 15) is 9.59 Å². The first kappa shape index (κ1) is 18.8. The second-order valence-electron chi connectivity index (χ2n) is 6.77. The summed E-state index contributed by atoms with van der Waals surface area (Å²) in [5.41, 5.74) is 2.68. The molecule has 1 heterocycles. The van der Waals surface area contributed by atoms with Crippen LogP contribution in [-0.4, -0.2) is 73.4 Å². The summed E-state index contributed by atoms with van der Waals surface area (Å²) in [6.45, 7) is 2.35. The van der Waals surface area contributed by atoms with Crippen molar-refractivity contribution in [1.82, 2.24) is 15.5 Å². The molecule has 3 rings (SSSR count). The minimum atomic E-state index is -0.429. The number of aliphatic hydroxyl groups excluding tert-OH is 1. The number of carbonyl (C=O) groups excluding carboxylic acids is 2. The summed E-state index contributed by atoms with van der Waals surface area (Å²) in [6, 6.07) is 8.23. The highest BCUT2D eigenvalue weighted by molar-refractivity contribution is 5.88. The number of benzene rings is 1. The summed E-state index contributed by atoms with van der Waals surface area (Å²) in [4.78, 5) is 26.8. The summed E-state index contributed by atoms with van der Waals surface area (Å²) >= 11 is 0. The van der Waals surface area contributed by atoms with Crippen LogP contribution < -0.4 is 10.6 Å². The van der Waals surface area contributed by atoms with Gasteiger partial charge in [-0.25, -0.2) is 0 Å². The summed E-state index contributed by atoms with van der Waals surface area (Å²) in [5, 5.41) is 14.3. The summed E-state index contributed by atoms with van der Waals surface area (Å²) < 4.78 is 5.13. The Bertz CT molecular complexity index is 612. The smallest absolute Gasteiger partial charge is 0.237 e. The second-order valence-corrected chi connectivity index (χ2v) is 6.77. The number of hydrogen-bond acceptors (Lipinski definition) is 5. The van der Waals surface area contributed by atoms with E-state index in [1.165, 1.54) is 11.1 Å². The molecule has 3 N–H and O–H groups in total. The van der Waals surface area contributed by atoms with Crippen LogP contribution in [0.4, 0.5) is 0 Å². The highest BCUT2D eigenvalue weighted by atomic mass is 16.5. The van der Waals surface area contributed by atoms with Crippen LogP contribution in [0.25, 0.3) is 0 Å². The van der Waals surface area contributed by atoms with Crippen molar-refractivity contribution in [1.29, 1.82) is 0 Å². The van der Waals surface area contributed by atoms with Crippen LogP contribution in [0.2, 0.25) is 0 Å². The molecule has 7 heteroatoms. The zero-order valence-corrected chi connectivity index (χ0v) is 14.9. The van der Waals surface area contributed by atoms with E-state index in [1.54, 1.807) is 0 Å². The lowest BCUT2D eigenvalue weighted by atomic mass is 10.0. The maximum atomic E-state index is 12.4. The van der Waals surface area contributed by atoms with Crippen molar-refractivity contribution in [3.05, 3.63) is 35.4 Å². The van der Waals surface area contributed by atoms with E-state index in [1.807, 2.05) is 12.1 Å². The third-order valence-electron chi connectivity index (χ3n) is 5.05. The molecule has 0 aromatic heterocycles. The Labute approximate surface area is 153 Å². The Morgan fingerprint density at radius 3 is 2.69 bits per heavy atom. The molecule has 1 aromatic rings. The van der Waals surface area contributed by atoms with E-state index in [0.717, 1.165) is 19.4 Å². The van der Waals surface area contributed by atoms with Gasteiger partial charge >= 0.3 is 0 Å². The fourth-order valence-corrected chi connectivity index (χ4v) is 3.83. The number of nitrogens with zero attached hydrogens (tertiary/aromatic N) is 1. The lowest BCUT2D eigenvalue weighted by molar-refractivity contribution is -0.135. The van der Waals surface area contributed by atoms with Gasteiger partial charge in [0.05, 0.1) is 32.3 Å². The van der Waals surface area contributed by atoms with Gasteiger partial charge in [-0.2, -0.15) is 0 Å². The number of piperazine rings is 1. The number of nitrogens with one attached hydrogen (secondary N) is 2. The molecule has 2 amide bonds. The third-order valence-corrected chi connectivity index (χ3v) is 5.05. The van der Waals surface area contributed by atoms with E-state index >= 15 is 0 Å². The van der Waals surface area contributed by atoms with Crippen molar-refractivity contribution < 1.29 is 19.4 Å². The molecular weight excluding hydrogens is 334 g/mol. The predicted octanol–water partition coefficient (Wildman–Crippen LogP) is -0.531. The van der Waals surface area contributed by atoms with Gasteiger partial charge in [0, 0.05) is 25.7 Å². The Balaban J connectivity index is 1.55. The lowest BCUT2D eigenvalue weighted by Gasteiger charge is -2.38. The molecular formula is C19H27N3O4. The molecule has 142 valence electrons. The monoisotopic (exact) mass is 361 g/mol. The number of carbonyl (C=O) groups is 2. The Morgan fingerprint density at radius 2 is 2.00 bits per heavy atom. The Hall–Kier alpha value is -1.96. The van der Waals surface area contributed by atoms with Crippen LogP contribution in [0.15, 0.2) is 24.3 Å². The fraction of sp³-hybridized carbons (Fsp3) is 0.579. The van der Waals surface area contributed by atoms with Crippen molar-refractivity contribution in [3.8, 4) is 0 Å². The van der Waals surface area contributed by atoms with E-state index in [4.69, 9.17) is 9.84 Å². The first-order valence-electron chi connectivity index (χ1n) is 9.24. The first-order valence-corrected chi connectivity index (χ1v) is 9.24. The molecule has 0 radical (unpaired) electrons. The average Bonchev–Trinajstić information content (AvgIpc) is 3.07. The molecule has 1 saturated heterocycles. The molecule has 2 aliphatic rings. The molecule has 26 heavy (non-hydrogen) atoms. The maximum Gasteiger partial charge on any atom is 0.237 e. The van der Waals surface area contributed by atoms with Crippen LogP contribution in [-0.2, 0) is 27.2 Å². The first-order chi connectivity index (χ1) is 12.7. The molecule has 1 fully saturated rings. The van der Waals surface area contributed by atoms with E-state index in [0.29, 0.717) is 19.7 Å². The highest BCUT2D eigenvalue weighted by Crippen LogP contribution is 2.27. The minimum Gasteiger partial charge on any atom is -0.394 e. The van der Waals surface area contributed by atoms with E-state index in [2.05, 4.69) is 27.7 Å². The Kier molecular flexibility index (Phi) is 6.60. The molecule has 0 unspecified atom stereocenters. The molecule has 1 aromatic carbocycles. The third kappa shape index (κ3) is 4.60. The van der Waals surface area contributed by atoms with Gasteiger partial charge in [0.15, 0.2) is 0 Å². The van der Waals surface area contributed by atoms with Gasteiger partial charge in [-0.05, 0) is 24.0 Å². The standard InChI is InChI=1S/C19H27N3O4/c23-8-10-26-9-6-20-18(24)13-17-19(25)21-5-7-22(17)16-11-14-3-1-2-4-15(14)12-16/h1-4,16-17,23H,5-13H2,(H,20,24)(H,21,25)/t17-/m1/s1. The van der Waals surface area contributed by atoms with Crippen molar-refractivity contribution in [2.75, 3.05) is 39.5 Å². The molecule has 7 nitrogen and oxygen atoms in total. The zero-order valence-electron chi connectivity index (χ0n) is 14.9. The van der Waals surface area contributed by atoms with Gasteiger partial charge < -0.3 is 20.5 Å². The van der Waals surface area contributed by atoms with Gasteiger partial charge in [-0.1, -0.05) is 24.3 Å². The number of amides is 2. The van der Waals surface area contributed by atoms with Crippen LogP contribution in [0.5, 0.6) is 0 Å². The Morgan fingerprint density at radius 1 is 1.27 bits per heavy atom. The molecule has 1 aliphatic carbocycles. The predicted molar refractivity (Wildman–Crippen MR) is 96.7 cm³/mol. The summed E-state index contributed by atoms with van der Waals surface area (Å²) in [5.74, 6) is -0.223. The number of hydrogen-bond donors (Lipinski definition) is 3. The largest absolute Gasteiger partial charge is 0.394 e. The minimum absolute atomic E-state index is 0.0328. The van der Waals surface area contributed by atoms with Crippen molar-refractivity contribution in [2.24, 2.45) is 0 Å². The molecule has 0 spiro atoms. The maximum absolute atomic E-state index is 12.4. The van der Waals surface area contributed by atoms with Gasteiger partial charge in [-0.15, -0.1) is 0 Å². The van der Waals surface area contributed by atoms with Crippen LogP contribution in [0.1, 0.15) is 17.5 Å². The van der Waals surface area contributed by atoms with Crippen molar-refractivity contribution >= 4 is 11.8 Å². The number of rotatable bonds is 8. The van der Waals surface area contributed by atoms with Crippen LogP contribution in [0, 0.1) is 0 Å². The van der Waals surface area contributed by atoms with Gasteiger partial charge in [0.2, 0.25) is 11.8 Å². The SMILES string of the molecule is O=C(C[C@@H]1C(=O)NCCN1C1Cc2ccccc2C1)NCCOCCO. The zero-order chi connectivity index (χ0) is 18.4. The van der Waals surface area contributed by atoms with E-state index < -0.39 is 6.04 Å². The molecule has 1 aliphatic heterocycles. The quantitative estimate of drug-likeness (QED) is 0.542. The normalized spacial score (nSPS) is 20.7. The molecule has 0 saturated carbocycles. The second kappa shape index (κ2) is 9.12. The van der Waals surface area contributed by atoms with Crippen LogP contribution in [0.3, 0.4) is 0 Å². The van der Waals surface area contributed by atoms with Gasteiger partial charge in [0.25, 0.3) is 0 Å². The van der Waals surface area contributed by atoms with Crippen molar-refractivity contribution in [3.63, 3.8) is 0 Å². The summed E-state index contributed by atoms with van der Waals surface area (Å²) in [6.07, 6.45) is 2.01. The van der Waals surface area contributed by atoms with Crippen LogP contribution >= 0.6 is 0 Å². The molecule has 1 atom stereocenters. The summed E-state index contributed by atoms with van der Waals surface area (Å²) in [7, 11) is 0. The average molecular weight is 361 g/mol. The molecule has 0 bridgehead atoms. The van der Waals surface area contributed by atoms with Gasteiger partial charge in [0.1, 0.15) is 0 Å². The fourth-order valence-electron chi connectivity index (χ4n) is 3.83. The van der Waals surface area contributed by atoms with Crippen molar-refractivity contribution in [2.45, 2.75) is 31.3 Å². The number of aliphatic hydroxyl groups is 1. The lowest BCUT2D eigenvalue weighted by Crippen LogP contribution is -2.59. The topological polar surface area (TPSA) is 90.9 Å².